The summed E-state index contributed by atoms with van der Waals surface area (Å²) >= 11 is 1.46. The van der Waals surface area contributed by atoms with Crippen LogP contribution in [0.1, 0.15) is 28.1 Å². The molecule has 1 aliphatic rings. The third kappa shape index (κ3) is 3.36. The Hall–Kier alpha value is -1.87. The summed E-state index contributed by atoms with van der Waals surface area (Å²) in [6, 6.07) is 3.79. The highest BCUT2D eigenvalue weighted by Crippen LogP contribution is 2.22. The van der Waals surface area contributed by atoms with Crippen molar-refractivity contribution in [3.05, 3.63) is 21.9 Å². The molecule has 2 heterocycles. The van der Waals surface area contributed by atoms with Crippen LogP contribution in [0.25, 0.3) is 0 Å². The molecule has 0 aromatic carbocycles. The van der Waals surface area contributed by atoms with Gasteiger partial charge in [-0.2, -0.15) is 5.26 Å². The van der Waals surface area contributed by atoms with Crippen molar-refractivity contribution in [3.63, 3.8) is 0 Å². The van der Waals surface area contributed by atoms with Crippen molar-refractivity contribution in [2.24, 2.45) is 5.92 Å². The van der Waals surface area contributed by atoms with E-state index >= 15 is 0 Å². The fourth-order valence-corrected chi connectivity index (χ4v) is 3.18. The number of likely N-dealkylation sites (tertiary alicyclic amines) is 1. The highest BCUT2D eigenvalue weighted by Gasteiger charge is 2.28. The Bertz CT molecular complexity index is 539. The molecule has 0 bridgehead atoms. The van der Waals surface area contributed by atoms with Gasteiger partial charge in [0.2, 0.25) is 5.91 Å². The third-order valence-corrected chi connectivity index (χ3v) is 4.47. The molecule has 0 aliphatic carbocycles. The summed E-state index contributed by atoms with van der Waals surface area (Å²) in [5, 5.41) is 13.0. The largest absolute Gasteiger partial charge is 0.343 e. The fourth-order valence-electron chi connectivity index (χ4n) is 2.31. The van der Waals surface area contributed by atoms with Gasteiger partial charge in [0, 0.05) is 19.0 Å². The monoisotopic (exact) mass is 291 g/mol. The molecule has 0 spiro atoms. The fraction of sp³-hybridized carbons (Fsp3) is 0.500. The average Bonchev–Trinajstić information content (AvgIpc) is 2.90. The van der Waals surface area contributed by atoms with Crippen LogP contribution in [-0.2, 0) is 4.79 Å². The van der Waals surface area contributed by atoms with E-state index in [9.17, 15) is 9.59 Å². The number of carbonyl (C=O) groups excluding carboxylic acids is 2. The van der Waals surface area contributed by atoms with Crippen molar-refractivity contribution in [1.29, 1.82) is 5.26 Å². The highest BCUT2D eigenvalue weighted by molar-refractivity contribution is 7.12. The lowest BCUT2D eigenvalue weighted by Crippen LogP contribution is -2.42. The summed E-state index contributed by atoms with van der Waals surface area (Å²) in [6.45, 7) is 3.21. The number of amides is 2. The molecule has 0 saturated carbocycles. The zero-order valence-corrected chi connectivity index (χ0v) is 12.2. The van der Waals surface area contributed by atoms with Gasteiger partial charge in [-0.25, -0.2) is 0 Å². The maximum atomic E-state index is 12.3. The number of nitriles is 1. The van der Waals surface area contributed by atoms with Crippen LogP contribution in [0.4, 0.5) is 0 Å². The summed E-state index contributed by atoms with van der Waals surface area (Å²) in [5.41, 5.74) is 1.10. The lowest BCUT2D eigenvalue weighted by Gasteiger charge is -2.30. The topological polar surface area (TPSA) is 73.2 Å². The van der Waals surface area contributed by atoms with E-state index in [0.717, 1.165) is 10.4 Å². The average molecular weight is 291 g/mol. The van der Waals surface area contributed by atoms with Crippen LogP contribution in [0.15, 0.2) is 11.4 Å². The van der Waals surface area contributed by atoms with Gasteiger partial charge < -0.3 is 10.2 Å². The van der Waals surface area contributed by atoms with Crippen molar-refractivity contribution < 1.29 is 9.59 Å². The minimum atomic E-state index is -0.0857. The summed E-state index contributed by atoms with van der Waals surface area (Å²) in [7, 11) is 0. The maximum Gasteiger partial charge on any atom is 0.263 e. The Kier molecular flexibility index (Phi) is 4.74. The van der Waals surface area contributed by atoms with Gasteiger partial charge in [0.25, 0.3) is 5.91 Å². The molecule has 0 radical (unpaired) electrons. The van der Waals surface area contributed by atoms with Gasteiger partial charge in [-0.15, -0.1) is 11.3 Å². The second-order valence-corrected chi connectivity index (χ2v) is 5.84. The molecule has 1 aliphatic heterocycles. The standard InChI is InChI=1S/C14H17N3O2S/c1-10-8-12(20-9-10)14(19)17-6-2-11(3-7-17)13(18)16-5-4-15/h8-9,11H,2-3,5-7H2,1H3,(H,16,18). The van der Waals surface area contributed by atoms with Gasteiger partial charge in [0.05, 0.1) is 10.9 Å². The Morgan fingerprint density at radius 2 is 2.20 bits per heavy atom. The molecular weight excluding hydrogens is 274 g/mol. The van der Waals surface area contributed by atoms with E-state index in [4.69, 9.17) is 5.26 Å². The van der Waals surface area contributed by atoms with Crippen LogP contribution in [-0.4, -0.2) is 36.3 Å². The Balaban J connectivity index is 1.87. The van der Waals surface area contributed by atoms with E-state index in [1.807, 2.05) is 24.4 Å². The number of hydrogen-bond acceptors (Lipinski definition) is 4. The van der Waals surface area contributed by atoms with E-state index in [1.165, 1.54) is 11.3 Å². The second-order valence-electron chi connectivity index (χ2n) is 4.93. The van der Waals surface area contributed by atoms with E-state index in [-0.39, 0.29) is 24.3 Å². The first-order valence-corrected chi connectivity index (χ1v) is 7.49. The Morgan fingerprint density at radius 1 is 1.50 bits per heavy atom. The molecule has 106 valence electrons. The Morgan fingerprint density at radius 3 is 2.75 bits per heavy atom. The molecule has 1 aromatic rings. The molecule has 0 atom stereocenters. The molecule has 1 fully saturated rings. The van der Waals surface area contributed by atoms with E-state index in [2.05, 4.69) is 5.32 Å². The number of rotatable bonds is 3. The molecule has 1 saturated heterocycles. The van der Waals surface area contributed by atoms with Gasteiger partial charge in [-0.1, -0.05) is 0 Å². The molecule has 2 rings (SSSR count). The minimum Gasteiger partial charge on any atom is -0.343 e. The highest BCUT2D eigenvalue weighted by atomic mass is 32.1. The van der Waals surface area contributed by atoms with Crippen LogP contribution in [0.3, 0.4) is 0 Å². The minimum absolute atomic E-state index is 0.0481. The van der Waals surface area contributed by atoms with Crippen molar-refractivity contribution >= 4 is 23.2 Å². The van der Waals surface area contributed by atoms with Crippen LogP contribution in [0, 0.1) is 24.2 Å². The number of aryl methyl sites for hydroxylation is 1. The van der Waals surface area contributed by atoms with Gasteiger partial charge in [0.1, 0.15) is 6.54 Å². The number of hydrogen-bond donors (Lipinski definition) is 1. The zero-order chi connectivity index (χ0) is 14.5. The van der Waals surface area contributed by atoms with Gasteiger partial charge in [0.15, 0.2) is 0 Å². The lowest BCUT2D eigenvalue weighted by atomic mass is 9.96. The van der Waals surface area contributed by atoms with Gasteiger partial charge >= 0.3 is 0 Å². The second kappa shape index (κ2) is 6.53. The van der Waals surface area contributed by atoms with Crippen molar-refractivity contribution in [2.75, 3.05) is 19.6 Å². The molecule has 0 unspecified atom stereocenters. The molecule has 5 nitrogen and oxygen atoms in total. The van der Waals surface area contributed by atoms with Crippen LogP contribution < -0.4 is 5.32 Å². The summed E-state index contributed by atoms with van der Waals surface area (Å²) in [5.74, 6) is -0.109. The molecule has 6 heteroatoms. The predicted octanol–water partition coefficient (Wildman–Crippen LogP) is 1.55. The number of piperidine rings is 1. The molecule has 1 aromatic heterocycles. The number of thiophene rings is 1. The third-order valence-electron chi connectivity index (χ3n) is 3.44. The van der Waals surface area contributed by atoms with E-state index in [1.54, 1.807) is 4.90 Å². The van der Waals surface area contributed by atoms with Crippen LogP contribution in [0.2, 0.25) is 0 Å². The smallest absolute Gasteiger partial charge is 0.263 e. The first-order chi connectivity index (χ1) is 9.61. The van der Waals surface area contributed by atoms with Gasteiger partial charge in [-0.05, 0) is 36.8 Å². The maximum absolute atomic E-state index is 12.3. The Labute approximate surface area is 122 Å². The summed E-state index contributed by atoms with van der Waals surface area (Å²) < 4.78 is 0. The first-order valence-electron chi connectivity index (χ1n) is 6.61. The SMILES string of the molecule is Cc1csc(C(=O)N2CCC(C(=O)NCC#N)CC2)c1. The van der Waals surface area contributed by atoms with E-state index in [0.29, 0.717) is 25.9 Å². The quantitative estimate of drug-likeness (QED) is 0.859. The normalized spacial score (nSPS) is 15.7. The first kappa shape index (κ1) is 14.5. The zero-order valence-electron chi connectivity index (χ0n) is 11.4. The lowest BCUT2D eigenvalue weighted by molar-refractivity contribution is -0.126. The number of carbonyl (C=O) groups is 2. The number of nitrogens with one attached hydrogen (secondary N) is 1. The van der Waals surface area contributed by atoms with Gasteiger partial charge in [-0.3, -0.25) is 9.59 Å². The van der Waals surface area contributed by atoms with E-state index < -0.39 is 0 Å². The summed E-state index contributed by atoms with van der Waals surface area (Å²) in [6.07, 6.45) is 1.32. The number of nitrogens with zero attached hydrogens (tertiary/aromatic N) is 2. The molecular formula is C14H17N3O2S. The molecule has 2 amide bonds. The van der Waals surface area contributed by atoms with Crippen LogP contribution in [0.5, 0.6) is 0 Å². The van der Waals surface area contributed by atoms with Crippen LogP contribution >= 0.6 is 11.3 Å². The van der Waals surface area contributed by atoms with Crippen molar-refractivity contribution in [3.8, 4) is 6.07 Å². The molecule has 1 N–H and O–H groups in total. The van der Waals surface area contributed by atoms with Crippen molar-refractivity contribution in [1.82, 2.24) is 10.2 Å². The summed E-state index contributed by atoms with van der Waals surface area (Å²) in [4.78, 5) is 26.6. The predicted molar refractivity (Wildman–Crippen MR) is 76.3 cm³/mol. The van der Waals surface area contributed by atoms with Crippen molar-refractivity contribution in [2.45, 2.75) is 19.8 Å². The molecule has 20 heavy (non-hydrogen) atoms.